The first-order valence-corrected chi connectivity index (χ1v) is 8.28. The molecular formula is C16H22F3N5. The number of fused-ring (bicyclic) bond motifs is 1. The average Bonchev–Trinajstić information content (AvgIpc) is 2.90. The Bertz CT molecular complexity index is 735. The molecule has 132 valence electrons. The molecule has 0 radical (unpaired) electrons. The van der Waals surface area contributed by atoms with Crippen LogP contribution in [0, 0.1) is 12.3 Å². The fourth-order valence-electron chi connectivity index (χ4n) is 3.63. The van der Waals surface area contributed by atoms with Crippen molar-refractivity contribution in [3.63, 3.8) is 0 Å². The highest BCUT2D eigenvalue weighted by molar-refractivity contribution is 5.48. The second kappa shape index (κ2) is 5.89. The maximum Gasteiger partial charge on any atom is 0.453 e. The van der Waals surface area contributed by atoms with Gasteiger partial charge in [-0.15, -0.1) is 5.10 Å². The van der Waals surface area contributed by atoms with Crippen LogP contribution < -0.4 is 4.90 Å². The van der Waals surface area contributed by atoms with E-state index in [1.54, 1.807) is 13.0 Å². The maximum atomic E-state index is 12.9. The van der Waals surface area contributed by atoms with Gasteiger partial charge in [-0.1, -0.05) is 20.3 Å². The van der Waals surface area contributed by atoms with Gasteiger partial charge in [-0.3, -0.25) is 0 Å². The summed E-state index contributed by atoms with van der Waals surface area (Å²) in [6, 6.07) is 1.79. The molecule has 1 aliphatic rings. The molecule has 0 amide bonds. The first-order valence-electron chi connectivity index (χ1n) is 8.28. The first kappa shape index (κ1) is 17.0. The molecule has 5 nitrogen and oxygen atoms in total. The van der Waals surface area contributed by atoms with Crippen molar-refractivity contribution in [3.05, 3.63) is 17.6 Å². The van der Waals surface area contributed by atoms with Crippen LogP contribution in [0.1, 0.15) is 51.0 Å². The zero-order chi connectivity index (χ0) is 17.5. The lowest BCUT2D eigenvalue weighted by Gasteiger charge is -2.41. The fraction of sp³-hybridized carbons (Fsp3) is 0.688. The summed E-state index contributed by atoms with van der Waals surface area (Å²) < 4.78 is 40.1. The Balaban J connectivity index is 2.03. The Kier molecular flexibility index (Phi) is 4.17. The molecule has 0 aliphatic carbocycles. The van der Waals surface area contributed by atoms with E-state index in [9.17, 15) is 13.2 Å². The van der Waals surface area contributed by atoms with E-state index in [0.717, 1.165) is 38.8 Å². The molecule has 24 heavy (non-hydrogen) atoms. The molecule has 2 aromatic rings. The second-order valence-corrected chi connectivity index (χ2v) is 6.99. The molecule has 1 atom stereocenters. The summed E-state index contributed by atoms with van der Waals surface area (Å²) in [6.45, 7) is 7.78. The zero-order valence-corrected chi connectivity index (χ0v) is 14.2. The topological polar surface area (TPSA) is 46.3 Å². The standard InChI is InChI=1S/C16H22F3N5/c1-4-6-15(3)7-5-8-23(10-15)12-9-11(2)20-14-21-13(16(17,18)19)22-24(12)14/h9H,4-8,10H2,1-3H3. The number of piperidine rings is 1. The molecule has 0 bridgehead atoms. The minimum atomic E-state index is -4.57. The van der Waals surface area contributed by atoms with Crippen LogP contribution in [0.25, 0.3) is 5.78 Å². The molecule has 2 aromatic heterocycles. The third-order valence-electron chi connectivity index (χ3n) is 4.63. The van der Waals surface area contributed by atoms with Gasteiger partial charge >= 0.3 is 6.18 Å². The molecule has 1 saturated heterocycles. The van der Waals surface area contributed by atoms with E-state index in [-0.39, 0.29) is 11.2 Å². The Morgan fingerprint density at radius 2 is 2.04 bits per heavy atom. The van der Waals surface area contributed by atoms with Crippen molar-refractivity contribution < 1.29 is 13.2 Å². The fourth-order valence-corrected chi connectivity index (χ4v) is 3.63. The number of hydrogen-bond donors (Lipinski definition) is 0. The minimum Gasteiger partial charge on any atom is -0.356 e. The van der Waals surface area contributed by atoms with Gasteiger partial charge in [0.2, 0.25) is 0 Å². The van der Waals surface area contributed by atoms with Crippen LogP contribution >= 0.6 is 0 Å². The Labute approximate surface area is 138 Å². The minimum absolute atomic E-state index is 0.0000862. The van der Waals surface area contributed by atoms with Crippen molar-refractivity contribution in [2.45, 2.75) is 52.6 Å². The smallest absolute Gasteiger partial charge is 0.356 e. The van der Waals surface area contributed by atoms with Crippen molar-refractivity contribution in [1.82, 2.24) is 19.6 Å². The van der Waals surface area contributed by atoms with Gasteiger partial charge in [0.1, 0.15) is 5.82 Å². The highest BCUT2D eigenvalue weighted by atomic mass is 19.4. The largest absolute Gasteiger partial charge is 0.453 e. The van der Waals surface area contributed by atoms with E-state index in [4.69, 9.17) is 0 Å². The van der Waals surface area contributed by atoms with E-state index >= 15 is 0 Å². The van der Waals surface area contributed by atoms with Gasteiger partial charge in [0.15, 0.2) is 0 Å². The summed E-state index contributed by atoms with van der Waals surface area (Å²) in [5.41, 5.74) is 0.811. The molecule has 1 aliphatic heterocycles. The lowest BCUT2D eigenvalue weighted by atomic mass is 9.78. The molecule has 3 rings (SSSR count). The molecule has 0 saturated carbocycles. The quantitative estimate of drug-likeness (QED) is 0.850. The van der Waals surface area contributed by atoms with Gasteiger partial charge in [0.25, 0.3) is 11.6 Å². The number of hydrogen-bond acceptors (Lipinski definition) is 4. The van der Waals surface area contributed by atoms with Crippen LogP contribution in [0.3, 0.4) is 0 Å². The van der Waals surface area contributed by atoms with Gasteiger partial charge in [-0.05, 0) is 31.6 Å². The van der Waals surface area contributed by atoms with Crippen LogP contribution in [0.2, 0.25) is 0 Å². The molecule has 0 N–H and O–H groups in total. The number of alkyl halides is 3. The molecule has 3 heterocycles. The molecule has 1 unspecified atom stereocenters. The van der Waals surface area contributed by atoms with Crippen molar-refractivity contribution in [3.8, 4) is 0 Å². The van der Waals surface area contributed by atoms with Crippen LogP contribution in [0.15, 0.2) is 6.07 Å². The van der Waals surface area contributed by atoms with Crippen molar-refractivity contribution in [2.24, 2.45) is 5.41 Å². The normalized spacial score (nSPS) is 22.3. The zero-order valence-electron chi connectivity index (χ0n) is 14.2. The lowest BCUT2D eigenvalue weighted by molar-refractivity contribution is -0.144. The van der Waals surface area contributed by atoms with Gasteiger partial charge in [0.05, 0.1) is 0 Å². The average molecular weight is 341 g/mol. The summed E-state index contributed by atoms with van der Waals surface area (Å²) >= 11 is 0. The summed E-state index contributed by atoms with van der Waals surface area (Å²) in [6.07, 6.45) is -0.230. The van der Waals surface area contributed by atoms with Gasteiger partial charge in [-0.25, -0.2) is 4.98 Å². The summed E-state index contributed by atoms with van der Waals surface area (Å²) in [4.78, 5) is 9.78. The van der Waals surface area contributed by atoms with Crippen LogP contribution in [-0.4, -0.2) is 32.7 Å². The molecule has 8 heteroatoms. The van der Waals surface area contributed by atoms with E-state index in [0.29, 0.717) is 11.5 Å². The van der Waals surface area contributed by atoms with Gasteiger partial charge in [0, 0.05) is 24.8 Å². The van der Waals surface area contributed by atoms with Crippen LogP contribution in [0.4, 0.5) is 19.0 Å². The van der Waals surface area contributed by atoms with Gasteiger partial charge in [-0.2, -0.15) is 22.7 Å². The molecule has 1 fully saturated rings. The maximum absolute atomic E-state index is 12.9. The number of halogens is 3. The number of nitrogens with zero attached hydrogens (tertiary/aromatic N) is 5. The first-order chi connectivity index (χ1) is 11.2. The summed E-state index contributed by atoms with van der Waals surface area (Å²) in [7, 11) is 0. The Morgan fingerprint density at radius 3 is 2.71 bits per heavy atom. The lowest BCUT2D eigenvalue weighted by Crippen LogP contribution is -2.42. The predicted molar refractivity (Wildman–Crippen MR) is 85.0 cm³/mol. The number of aromatic nitrogens is 4. The van der Waals surface area contributed by atoms with Crippen molar-refractivity contribution >= 4 is 11.6 Å². The van der Waals surface area contributed by atoms with Crippen molar-refractivity contribution in [1.29, 1.82) is 0 Å². The van der Waals surface area contributed by atoms with Crippen LogP contribution in [-0.2, 0) is 6.18 Å². The van der Waals surface area contributed by atoms with Gasteiger partial charge < -0.3 is 4.90 Å². The predicted octanol–water partition coefficient (Wildman–Crippen LogP) is 3.86. The van der Waals surface area contributed by atoms with E-state index in [1.807, 2.05) is 0 Å². The molecule has 0 spiro atoms. The summed E-state index contributed by atoms with van der Waals surface area (Å²) in [5, 5.41) is 3.67. The Morgan fingerprint density at radius 1 is 1.29 bits per heavy atom. The number of aryl methyl sites for hydroxylation is 1. The number of anilines is 1. The van der Waals surface area contributed by atoms with Crippen LogP contribution in [0.5, 0.6) is 0 Å². The third kappa shape index (κ3) is 3.18. The highest BCUT2D eigenvalue weighted by Crippen LogP contribution is 2.36. The highest BCUT2D eigenvalue weighted by Gasteiger charge is 2.37. The van der Waals surface area contributed by atoms with E-state index in [1.165, 1.54) is 4.52 Å². The third-order valence-corrected chi connectivity index (χ3v) is 4.63. The summed E-state index contributed by atoms with van der Waals surface area (Å²) in [5.74, 6) is -0.502. The van der Waals surface area contributed by atoms with E-state index in [2.05, 4.69) is 33.8 Å². The Hall–Kier alpha value is -1.86. The SMILES string of the molecule is CCCC1(C)CCCN(c2cc(C)nc3nc(C(F)(F)F)nn23)C1. The molecular weight excluding hydrogens is 319 g/mol. The van der Waals surface area contributed by atoms with E-state index < -0.39 is 12.0 Å². The molecule has 0 aromatic carbocycles. The monoisotopic (exact) mass is 341 g/mol. The number of rotatable bonds is 3. The second-order valence-electron chi connectivity index (χ2n) is 6.99. The van der Waals surface area contributed by atoms with Crippen molar-refractivity contribution in [2.75, 3.05) is 18.0 Å².